The van der Waals surface area contributed by atoms with E-state index in [2.05, 4.69) is 18.9 Å². The van der Waals surface area contributed by atoms with Gasteiger partial charge in [0.1, 0.15) is 5.82 Å². The van der Waals surface area contributed by atoms with Crippen LogP contribution in [0.3, 0.4) is 0 Å². The van der Waals surface area contributed by atoms with E-state index in [4.69, 9.17) is 0 Å². The molecule has 1 unspecified atom stereocenters. The highest BCUT2D eigenvalue weighted by atomic mass is 32.2. The van der Waals surface area contributed by atoms with Crippen LogP contribution in [0.25, 0.3) is 0 Å². The molecule has 0 aliphatic rings. The van der Waals surface area contributed by atoms with Crippen LogP contribution < -0.4 is 0 Å². The van der Waals surface area contributed by atoms with E-state index < -0.39 is 10.0 Å². The maximum atomic E-state index is 13.6. The molecule has 0 fully saturated rings. The van der Waals surface area contributed by atoms with Gasteiger partial charge < -0.3 is 0 Å². The van der Waals surface area contributed by atoms with Gasteiger partial charge >= 0.3 is 0 Å². The third-order valence-corrected chi connectivity index (χ3v) is 7.50. The zero-order chi connectivity index (χ0) is 22.6. The first-order chi connectivity index (χ1) is 14.7. The molecule has 3 rings (SSSR count). The lowest BCUT2D eigenvalue weighted by Crippen LogP contribution is -2.30. The van der Waals surface area contributed by atoms with Crippen LogP contribution in [0.1, 0.15) is 55.5 Å². The molecule has 0 radical (unpaired) electrons. The number of hydrogen-bond acceptors (Lipinski definition) is 3. The summed E-state index contributed by atoms with van der Waals surface area (Å²) in [6, 6.07) is 13.1. The normalized spacial score (nSPS) is 13.0. The van der Waals surface area contributed by atoms with Crippen molar-refractivity contribution in [2.45, 2.75) is 64.6 Å². The maximum Gasteiger partial charge on any atom is 0.243 e. The fourth-order valence-corrected chi connectivity index (χ4v) is 4.84. The van der Waals surface area contributed by atoms with Crippen molar-refractivity contribution in [3.63, 3.8) is 0 Å². The standard InChI is InChI=1S/C24H30FN3O2S/c1-5-18(3)21-9-13-24(14-10-21)31(29,30)28(15-20-7-11-23(25)12-8-20)17-22-16-27(6-2)26-19(22)4/h7-14,16,18H,5-6,15,17H2,1-4H3. The summed E-state index contributed by atoms with van der Waals surface area (Å²) in [6.45, 7) is 9.15. The fraction of sp³-hybridized carbons (Fsp3) is 0.375. The highest BCUT2D eigenvalue weighted by molar-refractivity contribution is 7.89. The van der Waals surface area contributed by atoms with E-state index in [1.807, 2.05) is 32.2 Å². The second kappa shape index (κ2) is 9.75. The second-order valence-electron chi connectivity index (χ2n) is 7.87. The van der Waals surface area contributed by atoms with Crippen LogP contribution in [-0.2, 0) is 29.7 Å². The molecule has 1 aromatic heterocycles. The molecule has 1 heterocycles. The Labute approximate surface area is 184 Å². The highest BCUT2D eigenvalue weighted by Gasteiger charge is 2.26. The Hall–Kier alpha value is -2.51. The van der Waals surface area contributed by atoms with Crippen molar-refractivity contribution >= 4 is 10.0 Å². The first-order valence-electron chi connectivity index (χ1n) is 10.6. The zero-order valence-corrected chi connectivity index (χ0v) is 19.4. The first kappa shape index (κ1) is 23.2. The van der Waals surface area contributed by atoms with Gasteiger partial charge in [0.25, 0.3) is 0 Å². The summed E-state index contributed by atoms with van der Waals surface area (Å²) in [7, 11) is -3.77. The lowest BCUT2D eigenvalue weighted by molar-refractivity contribution is 0.400. The third-order valence-electron chi connectivity index (χ3n) is 5.69. The van der Waals surface area contributed by atoms with Crippen LogP contribution in [0.4, 0.5) is 4.39 Å². The molecule has 3 aromatic rings. The van der Waals surface area contributed by atoms with Gasteiger partial charge in [0, 0.05) is 31.4 Å². The SMILES string of the molecule is CCC(C)c1ccc(S(=O)(=O)N(Cc2ccc(F)cc2)Cc2cn(CC)nc2C)cc1. The summed E-state index contributed by atoms with van der Waals surface area (Å²) in [5.41, 5.74) is 3.49. The van der Waals surface area contributed by atoms with Gasteiger partial charge in [0.05, 0.1) is 10.6 Å². The van der Waals surface area contributed by atoms with Crippen LogP contribution >= 0.6 is 0 Å². The predicted molar refractivity (Wildman–Crippen MR) is 121 cm³/mol. The van der Waals surface area contributed by atoms with Gasteiger partial charge in [0.15, 0.2) is 0 Å². The number of benzene rings is 2. The summed E-state index contributed by atoms with van der Waals surface area (Å²) in [5, 5.41) is 4.44. The second-order valence-corrected chi connectivity index (χ2v) is 9.81. The molecule has 1 atom stereocenters. The summed E-state index contributed by atoms with van der Waals surface area (Å²) in [4.78, 5) is 0.252. The van der Waals surface area contributed by atoms with Gasteiger partial charge in [-0.15, -0.1) is 0 Å². The zero-order valence-electron chi connectivity index (χ0n) is 18.5. The Kier molecular flexibility index (Phi) is 7.28. The van der Waals surface area contributed by atoms with Crippen molar-refractivity contribution in [1.29, 1.82) is 0 Å². The number of halogens is 1. The number of nitrogens with zero attached hydrogens (tertiary/aromatic N) is 3. The molecule has 0 aliphatic carbocycles. The molecule has 0 aliphatic heterocycles. The molecule has 0 spiro atoms. The summed E-state index contributed by atoms with van der Waals surface area (Å²) >= 11 is 0. The minimum atomic E-state index is -3.77. The number of sulfonamides is 1. The van der Waals surface area contributed by atoms with Crippen molar-refractivity contribution in [2.75, 3.05) is 0 Å². The molecule has 0 saturated heterocycles. The van der Waals surface area contributed by atoms with E-state index in [1.54, 1.807) is 28.9 Å². The topological polar surface area (TPSA) is 55.2 Å². The first-order valence-corrected chi connectivity index (χ1v) is 12.1. The average Bonchev–Trinajstić information content (AvgIpc) is 3.13. The number of rotatable bonds is 9. The van der Waals surface area contributed by atoms with E-state index in [0.29, 0.717) is 12.5 Å². The Morgan fingerprint density at radius 3 is 2.23 bits per heavy atom. The molecule has 0 bridgehead atoms. The number of aromatic nitrogens is 2. The van der Waals surface area contributed by atoms with Crippen LogP contribution in [0.2, 0.25) is 0 Å². The summed E-state index contributed by atoms with van der Waals surface area (Å²) in [5.74, 6) is 0.0217. The van der Waals surface area contributed by atoms with Gasteiger partial charge in [-0.2, -0.15) is 9.40 Å². The van der Waals surface area contributed by atoms with Gasteiger partial charge in [-0.25, -0.2) is 12.8 Å². The lowest BCUT2D eigenvalue weighted by Gasteiger charge is -2.23. The largest absolute Gasteiger partial charge is 0.272 e. The van der Waals surface area contributed by atoms with Crippen LogP contribution in [-0.4, -0.2) is 22.5 Å². The van der Waals surface area contributed by atoms with E-state index >= 15 is 0 Å². The monoisotopic (exact) mass is 443 g/mol. The van der Waals surface area contributed by atoms with Crippen LogP contribution in [0.15, 0.2) is 59.6 Å². The molecule has 0 saturated carbocycles. The number of aryl methyl sites for hydroxylation is 2. The van der Waals surface area contributed by atoms with Crippen molar-refractivity contribution < 1.29 is 12.8 Å². The van der Waals surface area contributed by atoms with Crippen molar-refractivity contribution in [3.8, 4) is 0 Å². The van der Waals surface area contributed by atoms with Gasteiger partial charge in [-0.3, -0.25) is 4.68 Å². The molecular formula is C24H30FN3O2S. The molecule has 7 heteroatoms. The minimum Gasteiger partial charge on any atom is -0.272 e. The average molecular weight is 444 g/mol. The van der Waals surface area contributed by atoms with Crippen molar-refractivity contribution in [1.82, 2.24) is 14.1 Å². The molecule has 5 nitrogen and oxygen atoms in total. The molecule has 2 aromatic carbocycles. The Balaban J connectivity index is 1.96. The quantitative estimate of drug-likeness (QED) is 0.454. The fourth-order valence-electron chi connectivity index (χ4n) is 3.44. The van der Waals surface area contributed by atoms with Gasteiger partial charge in [-0.05, 0) is 61.6 Å². The minimum absolute atomic E-state index is 0.145. The van der Waals surface area contributed by atoms with E-state index in [9.17, 15) is 12.8 Å². The lowest BCUT2D eigenvalue weighted by atomic mass is 9.99. The van der Waals surface area contributed by atoms with Gasteiger partial charge in [0.2, 0.25) is 10.0 Å². The predicted octanol–water partition coefficient (Wildman–Crippen LogP) is 5.26. The molecule has 0 N–H and O–H groups in total. The van der Waals surface area contributed by atoms with Crippen LogP contribution in [0, 0.1) is 12.7 Å². The summed E-state index contributed by atoms with van der Waals surface area (Å²) in [6.07, 6.45) is 2.87. The Morgan fingerprint density at radius 1 is 1.03 bits per heavy atom. The maximum absolute atomic E-state index is 13.6. The smallest absolute Gasteiger partial charge is 0.243 e. The third kappa shape index (κ3) is 5.40. The number of hydrogen-bond donors (Lipinski definition) is 0. The molecular weight excluding hydrogens is 413 g/mol. The summed E-state index contributed by atoms with van der Waals surface area (Å²) < 4.78 is 43.7. The van der Waals surface area contributed by atoms with Crippen LogP contribution in [0.5, 0.6) is 0 Å². The van der Waals surface area contributed by atoms with Gasteiger partial charge in [-0.1, -0.05) is 38.1 Å². The molecule has 31 heavy (non-hydrogen) atoms. The van der Waals surface area contributed by atoms with E-state index in [1.165, 1.54) is 16.4 Å². The van der Waals surface area contributed by atoms with E-state index in [0.717, 1.165) is 28.8 Å². The van der Waals surface area contributed by atoms with E-state index in [-0.39, 0.29) is 23.8 Å². The Morgan fingerprint density at radius 2 is 1.68 bits per heavy atom. The highest BCUT2D eigenvalue weighted by Crippen LogP contribution is 2.25. The molecule has 0 amide bonds. The van der Waals surface area contributed by atoms with Crippen molar-refractivity contribution in [3.05, 3.63) is 82.9 Å². The van der Waals surface area contributed by atoms with Crippen molar-refractivity contribution in [2.24, 2.45) is 0 Å². The Bertz CT molecular complexity index is 1110. The molecule has 166 valence electrons.